The SMILES string of the molecule is CCOC(=O)c1ccc(NC(=O)Cn2nc(SC)c(S(=O)(=O)c3ccccc3)c2N)cc1. The minimum atomic E-state index is -3.91. The molecule has 0 aliphatic rings. The molecule has 3 rings (SSSR count). The van der Waals surface area contributed by atoms with Gasteiger partial charge in [-0.2, -0.15) is 5.10 Å². The molecule has 168 valence electrons. The third-order valence-electron chi connectivity index (χ3n) is 4.41. The van der Waals surface area contributed by atoms with Crippen molar-refractivity contribution < 1.29 is 22.7 Å². The number of hydrogen-bond donors (Lipinski definition) is 2. The molecule has 9 nitrogen and oxygen atoms in total. The lowest BCUT2D eigenvalue weighted by atomic mass is 10.2. The monoisotopic (exact) mass is 474 g/mol. The summed E-state index contributed by atoms with van der Waals surface area (Å²) in [6.07, 6.45) is 1.68. The number of nitrogens with two attached hydrogens (primary N) is 1. The van der Waals surface area contributed by atoms with Crippen LogP contribution in [0.2, 0.25) is 0 Å². The Morgan fingerprint density at radius 1 is 1.12 bits per heavy atom. The average molecular weight is 475 g/mol. The molecule has 11 heteroatoms. The fraction of sp³-hybridized carbons (Fsp3) is 0.190. The third kappa shape index (κ3) is 4.94. The highest BCUT2D eigenvalue weighted by Gasteiger charge is 2.29. The first kappa shape index (κ1) is 23.4. The number of rotatable bonds is 8. The van der Waals surface area contributed by atoms with Gasteiger partial charge < -0.3 is 15.8 Å². The third-order valence-corrected chi connectivity index (χ3v) is 7.04. The molecule has 0 aliphatic carbocycles. The number of amides is 1. The summed E-state index contributed by atoms with van der Waals surface area (Å²) >= 11 is 1.12. The predicted octanol–water partition coefficient (Wildman–Crippen LogP) is 2.84. The second-order valence-corrected chi connectivity index (χ2v) is 9.23. The number of hydrogen-bond acceptors (Lipinski definition) is 8. The van der Waals surface area contributed by atoms with Crippen molar-refractivity contribution in [2.75, 3.05) is 23.9 Å². The van der Waals surface area contributed by atoms with E-state index < -0.39 is 21.7 Å². The topological polar surface area (TPSA) is 133 Å². The van der Waals surface area contributed by atoms with Gasteiger partial charge >= 0.3 is 5.97 Å². The highest BCUT2D eigenvalue weighted by Crippen LogP contribution is 2.33. The van der Waals surface area contributed by atoms with Crippen LogP contribution in [0.15, 0.2) is 69.4 Å². The van der Waals surface area contributed by atoms with E-state index in [4.69, 9.17) is 10.5 Å². The minimum absolute atomic E-state index is 0.0905. The van der Waals surface area contributed by atoms with Gasteiger partial charge in [0.25, 0.3) is 0 Å². The van der Waals surface area contributed by atoms with Crippen LogP contribution in [-0.2, 0) is 25.9 Å². The molecule has 0 radical (unpaired) electrons. The number of carbonyl (C=O) groups is 2. The van der Waals surface area contributed by atoms with Crippen molar-refractivity contribution in [2.45, 2.75) is 28.3 Å². The highest BCUT2D eigenvalue weighted by molar-refractivity contribution is 7.99. The van der Waals surface area contributed by atoms with Crippen LogP contribution in [0.25, 0.3) is 0 Å². The highest BCUT2D eigenvalue weighted by atomic mass is 32.2. The summed E-state index contributed by atoms with van der Waals surface area (Å²) in [5.41, 5.74) is 6.92. The summed E-state index contributed by atoms with van der Waals surface area (Å²) in [5, 5.41) is 7.09. The second-order valence-electron chi connectivity index (χ2n) is 6.54. The molecule has 32 heavy (non-hydrogen) atoms. The van der Waals surface area contributed by atoms with Crippen LogP contribution in [0.5, 0.6) is 0 Å². The summed E-state index contributed by atoms with van der Waals surface area (Å²) in [7, 11) is -3.91. The Labute approximate surface area is 189 Å². The Morgan fingerprint density at radius 2 is 1.78 bits per heavy atom. The fourth-order valence-corrected chi connectivity index (χ4v) is 5.35. The number of benzene rings is 2. The van der Waals surface area contributed by atoms with Crippen molar-refractivity contribution in [3.8, 4) is 0 Å². The molecular formula is C21H22N4O5S2. The van der Waals surface area contributed by atoms with Crippen molar-refractivity contribution in [3.05, 3.63) is 60.2 Å². The predicted molar refractivity (Wildman–Crippen MR) is 121 cm³/mol. The molecule has 2 aromatic carbocycles. The van der Waals surface area contributed by atoms with Gasteiger partial charge in [-0.25, -0.2) is 17.9 Å². The maximum absolute atomic E-state index is 13.1. The zero-order valence-electron chi connectivity index (χ0n) is 17.4. The van der Waals surface area contributed by atoms with Crippen LogP contribution in [0, 0.1) is 0 Å². The van der Waals surface area contributed by atoms with Gasteiger partial charge in [0.2, 0.25) is 15.7 Å². The van der Waals surface area contributed by atoms with E-state index in [-0.39, 0.29) is 33.8 Å². The molecule has 1 heterocycles. The van der Waals surface area contributed by atoms with E-state index in [9.17, 15) is 18.0 Å². The lowest BCUT2D eigenvalue weighted by Crippen LogP contribution is -2.21. The summed E-state index contributed by atoms with van der Waals surface area (Å²) in [5.74, 6) is -1.03. The van der Waals surface area contributed by atoms with Crippen LogP contribution in [0.1, 0.15) is 17.3 Å². The number of aromatic nitrogens is 2. The maximum atomic E-state index is 13.1. The van der Waals surface area contributed by atoms with Gasteiger partial charge in [-0.1, -0.05) is 18.2 Å². The molecule has 1 aromatic heterocycles. The van der Waals surface area contributed by atoms with Crippen LogP contribution in [-0.4, -0.2) is 42.9 Å². The van der Waals surface area contributed by atoms with E-state index >= 15 is 0 Å². The van der Waals surface area contributed by atoms with E-state index in [1.54, 1.807) is 43.5 Å². The van der Waals surface area contributed by atoms with E-state index in [0.717, 1.165) is 16.4 Å². The maximum Gasteiger partial charge on any atom is 0.338 e. The van der Waals surface area contributed by atoms with Crippen LogP contribution in [0.4, 0.5) is 11.5 Å². The van der Waals surface area contributed by atoms with Gasteiger partial charge in [-0.3, -0.25) is 4.79 Å². The molecule has 0 unspecified atom stereocenters. The molecule has 0 bridgehead atoms. The molecule has 0 saturated carbocycles. The van der Waals surface area contributed by atoms with Gasteiger partial charge in [-0.15, -0.1) is 11.8 Å². The van der Waals surface area contributed by atoms with Crippen molar-refractivity contribution in [1.29, 1.82) is 0 Å². The molecule has 3 N–H and O–H groups in total. The van der Waals surface area contributed by atoms with Crippen LogP contribution < -0.4 is 11.1 Å². The number of ether oxygens (including phenoxy) is 1. The van der Waals surface area contributed by atoms with E-state index in [1.165, 1.54) is 24.3 Å². The number of sulfone groups is 1. The van der Waals surface area contributed by atoms with Crippen LogP contribution in [0.3, 0.4) is 0 Å². The first-order valence-electron chi connectivity index (χ1n) is 9.55. The molecule has 0 atom stereocenters. The molecule has 0 fully saturated rings. The first-order chi connectivity index (χ1) is 15.3. The summed E-state index contributed by atoms with van der Waals surface area (Å²) in [6, 6.07) is 14.1. The molecule has 0 spiro atoms. The minimum Gasteiger partial charge on any atom is -0.462 e. The average Bonchev–Trinajstić information content (AvgIpc) is 3.10. The van der Waals surface area contributed by atoms with Gasteiger partial charge in [-0.05, 0) is 49.6 Å². The number of thioether (sulfide) groups is 1. The van der Waals surface area contributed by atoms with Crippen molar-refractivity contribution in [3.63, 3.8) is 0 Å². The normalized spacial score (nSPS) is 11.2. The number of nitrogens with one attached hydrogen (secondary N) is 1. The van der Waals surface area contributed by atoms with Crippen molar-refractivity contribution in [2.24, 2.45) is 0 Å². The zero-order valence-corrected chi connectivity index (χ0v) is 19.1. The number of esters is 1. The lowest BCUT2D eigenvalue weighted by molar-refractivity contribution is -0.116. The number of carbonyl (C=O) groups excluding carboxylic acids is 2. The van der Waals surface area contributed by atoms with Crippen molar-refractivity contribution >= 4 is 45.0 Å². The standard InChI is InChI=1S/C21H22N4O5S2/c1-3-30-21(27)14-9-11-15(12-10-14)23-17(26)13-25-19(22)18(20(24-25)31-2)32(28,29)16-7-5-4-6-8-16/h4-12H,3,13,22H2,1-2H3,(H,23,26). The molecule has 1 amide bonds. The number of anilines is 2. The quantitative estimate of drug-likeness (QED) is 0.376. The molecule has 3 aromatic rings. The van der Waals surface area contributed by atoms with E-state index in [2.05, 4.69) is 10.4 Å². The van der Waals surface area contributed by atoms with Crippen molar-refractivity contribution in [1.82, 2.24) is 9.78 Å². The summed E-state index contributed by atoms with van der Waals surface area (Å²) < 4.78 is 32.2. The summed E-state index contributed by atoms with van der Waals surface area (Å²) in [6.45, 7) is 1.69. The number of nitrogen functional groups attached to an aromatic ring is 1. The Balaban J connectivity index is 1.80. The molecule has 0 saturated heterocycles. The van der Waals surface area contributed by atoms with Gasteiger partial charge in [0.05, 0.1) is 17.1 Å². The fourth-order valence-electron chi connectivity index (χ4n) is 2.90. The molecular weight excluding hydrogens is 452 g/mol. The Morgan fingerprint density at radius 3 is 2.38 bits per heavy atom. The van der Waals surface area contributed by atoms with Gasteiger partial charge in [0.15, 0.2) is 0 Å². The molecule has 0 aliphatic heterocycles. The Kier molecular flexibility index (Phi) is 7.21. The van der Waals surface area contributed by atoms with Gasteiger partial charge in [0, 0.05) is 5.69 Å². The Hall–Kier alpha value is -3.31. The van der Waals surface area contributed by atoms with E-state index in [0.29, 0.717) is 11.3 Å². The Bertz CT molecular complexity index is 1220. The zero-order chi connectivity index (χ0) is 23.3. The van der Waals surface area contributed by atoms with Crippen LogP contribution >= 0.6 is 11.8 Å². The number of nitrogens with zero attached hydrogens (tertiary/aromatic N) is 2. The summed E-state index contributed by atoms with van der Waals surface area (Å²) in [4.78, 5) is 24.2. The largest absolute Gasteiger partial charge is 0.462 e. The first-order valence-corrected chi connectivity index (χ1v) is 12.3. The smallest absolute Gasteiger partial charge is 0.338 e. The lowest BCUT2D eigenvalue weighted by Gasteiger charge is -2.08. The van der Waals surface area contributed by atoms with E-state index in [1.807, 2.05) is 0 Å². The van der Waals surface area contributed by atoms with Gasteiger partial charge in [0.1, 0.15) is 22.3 Å². The second kappa shape index (κ2) is 9.88.